The largest absolute Gasteiger partial charge is 0.497 e. The summed E-state index contributed by atoms with van der Waals surface area (Å²) in [6.07, 6.45) is 1.92. The number of thiophene rings is 1. The average Bonchev–Trinajstić information content (AvgIpc) is 3.19. The molecule has 0 bridgehead atoms. The summed E-state index contributed by atoms with van der Waals surface area (Å²) < 4.78 is 10.4. The molecule has 4 heteroatoms. The Kier molecular flexibility index (Phi) is 6.41. The summed E-state index contributed by atoms with van der Waals surface area (Å²) in [6.45, 7) is 0. The first kappa shape index (κ1) is 20.5. The highest BCUT2D eigenvalue weighted by Gasteiger charge is 2.07. The van der Waals surface area contributed by atoms with Crippen LogP contribution in [0, 0.1) is 10.4 Å². The predicted molar refractivity (Wildman–Crippen MR) is 125 cm³/mol. The van der Waals surface area contributed by atoms with Crippen LogP contribution in [0.2, 0.25) is 5.02 Å². The molecule has 0 N–H and O–H groups in total. The lowest BCUT2D eigenvalue weighted by Crippen LogP contribution is -1.93. The lowest BCUT2D eigenvalue weighted by atomic mass is 10.0. The van der Waals surface area contributed by atoms with Crippen LogP contribution in [0.4, 0.5) is 0 Å². The maximum atomic E-state index is 5.60. The Morgan fingerprint density at radius 1 is 0.733 bits per heavy atom. The van der Waals surface area contributed by atoms with Crippen molar-refractivity contribution in [2.45, 2.75) is 12.8 Å². The molecule has 0 amide bonds. The summed E-state index contributed by atoms with van der Waals surface area (Å²) in [5.41, 5.74) is 4.01. The topological polar surface area (TPSA) is 18.5 Å². The summed E-state index contributed by atoms with van der Waals surface area (Å²) in [5, 5.41) is 5.64. The lowest BCUT2D eigenvalue weighted by Gasteiger charge is -2.07. The molecule has 0 atom stereocenters. The molecule has 152 valence electrons. The highest BCUT2D eigenvalue weighted by atomic mass is 35.5. The average molecular weight is 435 g/mol. The standard InChI is InChI=1S/C20H20O2S.C6H3Cl/c1-21-18-7-3-15(4-8-18)13-17-11-12-23-20(17)14-16-5-9-19(22-2)10-6-16;7-6-3-4-1-2-5(4)6/h3-12H,13-14H2,1-2H3;1-3H. The molecule has 0 radical (unpaired) electrons. The van der Waals surface area contributed by atoms with Gasteiger partial charge in [-0.05, 0) is 70.1 Å². The number of hydrogen-bond donors (Lipinski definition) is 0. The minimum absolute atomic E-state index is 0.900. The van der Waals surface area contributed by atoms with Gasteiger partial charge in [0.2, 0.25) is 0 Å². The minimum atomic E-state index is 0.900. The number of ether oxygens (including phenoxy) is 2. The molecule has 0 spiro atoms. The van der Waals surface area contributed by atoms with Crippen molar-refractivity contribution in [2.24, 2.45) is 0 Å². The molecular weight excluding hydrogens is 412 g/mol. The van der Waals surface area contributed by atoms with Gasteiger partial charge in [-0.25, -0.2) is 0 Å². The number of benzene rings is 3. The van der Waals surface area contributed by atoms with Crippen LogP contribution < -0.4 is 9.47 Å². The van der Waals surface area contributed by atoms with E-state index in [0.717, 1.165) is 29.4 Å². The highest BCUT2D eigenvalue weighted by molar-refractivity contribution is 7.10. The van der Waals surface area contributed by atoms with Crippen LogP contribution in [-0.2, 0) is 12.8 Å². The Morgan fingerprint density at radius 3 is 1.73 bits per heavy atom. The second-order valence-electron chi connectivity index (χ2n) is 7.11. The smallest absolute Gasteiger partial charge is 0.118 e. The molecule has 1 aromatic heterocycles. The SMILES string of the molecule is COc1ccc(Cc2ccsc2Cc2ccc(OC)cc2)cc1.Clc1cc2ccc1=2. The van der Waals surface area contributed by atoms with Crippen LogP contribution >= 0.6 is 22.9 Å². The monoisotopic (exact) mass is 434 g/mol. The first-order valence-corrected chi connectivity index (χ1v) is 11.0. The molecule has 30 heavy (non-hydrogen) atoms. The van der Waals surface area contributed by atoms with E-state index in [1.54, 1.807) is 14.2 Å². The van der Waals surface area contributed by atoms with Crippen molar-refractivity contribution < 1.29 is 9.47 Å². The first-order valence-electron chi connectivity index (χ1n) is 9.77. The van der Waals surface area contributed by atoms with Crippen molar-refractivity contribution in [1.82, 2.24) is 0 Å². The van der Waals surface area contributed by atoms with E-state index in [9.17, 15) is 0 Å². The van der Waals surface area contributed by atoms with Crippen molar-refractivity contribution in [3.05, 3.63) is 115 Å². The molecular formula is C26H23ClO2S. The molecule has 3 aromatic rings. The minimum Gasteiger partial charge on any atom is -0.497 e. The van der Waals surface area contributed by atoms with Gasteiger partial charge >= 0.3 is 0 Å². The van der Waals surface area contributed by atoms with Crippen molar-refractivity contribution in [3.63, 3.8) is 0 Å². The van der Waals surface area contributed by atoms with E-state index < -0.39 is 0 Å². The molecule has 2 aromatic carbocycles. The Morgan fingerprint density at radius 2 is 1.33 bits per heavy atom. The summed E-state index contributed by atoms with van der Waals surface area (Å²) in [6, 6.07) is 24.9. The van der Waals surface area contributed by atoms with E-state index in [1.165, 1.54) is 32.0 Å². The van der Waals surface area contributed by atoms with Crippen LogP contribution in [0.3, 0.4) is 0 Å². The number of methoxy groups -OCH3 is 2. The van der Waals surface area contributed by atoms with Crippen LogP contribution in [-0.4, -0.2) is 14.2 Å². The Bertz CT molecular complexity index is 1150. The van der Waals surface area contributed by atoms with Gasteiger partial charge in [0.05, 0.1) is 14.2 Å². The molecule has 0 saturated carbocycles. The van der Waals surface area contributed by atoms with Gasteiger partial charge in [-0.2, -0.15) is 0 Å². The van der Waals surface area contributed by atoms with E-state index >= 15 is 0 Å². The number of hydrogen-bond acceptors (Lipinski definition) is 3. The third-order valence-electron chi connectivity index (χ3n) is 5.20. The van der Waals surface area contributed by atoms with Gasteiger partial charge in [-0.15, -0.1) is 11.3 Å². The molecule has 2 nitrogen and oxygen atoms in total. The fourth-order valence-electron chi connectivity index (χ4n) is 3.31. The molecule has 0 aliphatic heterocycles. The maximum Gasteiger partial charge on any atom is 0.118 e. The molecule has 0 unspecified atom stereocenters. The summed E-state index contributed by atoms with van der Waals surface area (Å²) >= 11 is 7.42. The summed E-state index contributed by atoms with van der Waals surface area (Å²) in [4.78, 5) is 1.42. The normalized spacial score (nSPS) is 10.8. The Hall–Kier alpha value is -2.75. The predicted octanol–water partition coefficient (Wildman–Crippen LogP) is 6.89. The lowest BCUT2D eigenvalue weighted by molar-refractivity contribution is 0.414. The fraction of sp³-hybridized carbons (Fsp3) is 0.154. The van der Waals surface area contributed by atoms with Crippen molar-refractivity contribution in [1.29, 1.82) is 0 Å². The zero-order valence-electron chi connectivity index (χ0n) is 17.0. The van der Waals surface area contributed by atoms with Crippen molar-refractivity contribution in [2.75, 3.05) is 14.2 Å². The molecule has 0 saturated heterocycles. The quantitative estimate of drug-likeness (QED) is 0.289. The van der Waals surface area contributed by atoms with Gasteiger partial charge in [0.25, 0.3) is 0 Å². The first-order chi connectivity index (χ1) is 14.7. The second-order valence-corrected chi connectivity index (χ2v) is 8.52. The number of rotatable bonds is 6. The van der Waals surface area contributed by atoms with Crippen LogP contribution in [0.25, 0.3) is 0 Å². The van der Waals surface area contributed by atoms with E-state index in [0.29, 0.717) is 0 Å². The molecule has 5 rings (SSSR count). The van der Waals surface area contributed by atoms with Crippen molar-refractivity contribution >= 4 is 22.9 Å². The Balaban J connectivity index is 0.000000259. The molecule has 2 aliphatic rings. The van der Waals surface area contributed by atoms with Gasteiger partial charge < -0.3 is 9.47 Å². The van der Waals surface area contributed by atoms with Gasteiger partial charge in [-0.3, -0.25) is 0 Å². The van der Waals surface area contributed by atoms with Crippen LogP contribution in [0.15, 0.2) is 78.2 Å². The fourth-order valence-corrected chi connectivity index (χ4v) is 4.54. The van der Waals surface area contributed by atoms with Gasteiger partial charge in [0.1, 0.15) is 11.5 Å². The molecule has 2 aliphatic carbocycles. The third kappa shape index (κ3) is 4.69. The van der Waals surface area contributed by atoms with E-state index in [-0.39, 0.29) is 0 Å². The number of halogens is 1. The van der Waals surface area contributed by atoms with Gasteiger partial charge in [-0.1, -0.05) is 48.0 Å². The third-order valence-corrected chi connectivity index (χ3v) is 6.47. The molecule has 0 fully saturated rings. The van der Waals surface area contributed by atoms with E-state index in [4.69, 9.17) is 21.1 Å². The Labute approximate surface area is 186 Å². The van der Waals surface area contributed by atoms with Crippen LogP contribution in [0.1, 0.15) is 21.6 Å². The van der Waals surface area contributed by atoms with Gasteiger partial charge in [0.15, 0.2) is 0 Å². The summed E-state index contributed by atoms with van der Waals surface area (Å²) in [5.74, 6) is 1.80. The van der Waals surface area contributed by atoms with Crippen molar-refractivity contribution in [3.8, 4) is 11.5 Å². The maximum absolute atomic E-state index is 5.60. The van der Waals surface area contributed by atoms with E-state index in [2.05, 4.69) is 41.8 Å². The van der Waals surface area contributed by atoms with Crippen LogP contribution in [0.5, 0.6) is 11.5 Å². The zero-order valence-corrected chi connectivity index (χ0v) is 18.6. The molecule has 1 heterocycles. The van der Waals surface area contributed by atoms with E-state index in [1.807, 2.05) is 47.7 Å². The second kappa shape index (κ2) is 9.38. The summed E-state index contributed by atoms with van der Waals surface area (Å²) in [7, 11) is 3.39. The van der Waals surface area contributed by atoms with Gasteiger partial charge in [0, 0.05) is 21.5 Å². The highest BCUT2D eigenvalue weighted by Crippen LogP contribution is 2.25. The zero-order chi connectivity index (χ0) is 20.9.